The van der Waals surface area contributed by atoms with Crippen LogP contribution >= 0.6 is 11.6 Å². The van der Waals surface area contributed by atoms with Crippen LogP contribution in [-0.4, -0.2) is 18.0 Å². The van der Waals surface area contributed by atoms with Crippen LogP contribution in [0.25, 0.3) is 0 Å². The first-order valence-electron chi connectivity index (χ1n) is 8.00. The summed E-state index contributed by atoms with van der Waals surface area (Å²) in [5.41, 5.74) is 2.87. The molecule has 2 aromatic carbocycles. The molecule has 0 saturated heterocycles. The zero-order valence-corrected chi connectivity index (χ0v) is 15.2. The van der Waals surface area contributed by atoms with E-state index >= 15 is 0 Å². The average molecular weight is 368 g/mol. The molecule has 1 heterocycles. The highest BCUT2D eigenvalue weighted by atomic mass is 35.5. The first-order valence-corrected chi connectivity index (χ1v) is 8.38. The zero-order valence-electron chi connectivity index (χ0n) is 14.4. The molecule has 2 N–H and O–H groups in total. The van der Waals surface area contributed by atoms with E-state index in [1.807, 2.05) is 43.3 Å². The number of hydrogen-bond acceptors (Lipinski definition) is 4. The number of rotatable bonds is 5. The van der Waals surface area contributed by atoms with Gasteiger partial charge in [0, 0.05) is 28.5 Å². The van der Waals surface area contributed by atoms with Crippen molar-refractivity contribution in [1.29, 1.82) is 0 Å². The van der Waals surface area contributed by atoms with Gasteiger partial charge in [-0.25, -0.2) is 4.98 Å². The van der Waals surface area contributed by atoms with E-state index in [0.29, 0.717) is 22.2 Å². The van der Waals surface area contributed by atoms with Gasteiger partial charge in [0.15, 0.2) is 0 Å². The third-order valence-electron chi connectivity index (χ3n) is 3.80. The Bertz CT molecular complexity index is 930. The number of carbonyl (C=O) groups excluding carboxylic acids is 1. The predicted octanol–water partition coefficient (Wildman–Crippen LogP) is 5.05. The van der Waals surface area contributed by atoms with Crippen LogP contribution in [0.5, 0.6) is 5.75 Å². The Labute approximate surface area is 157 Å². The number of para-hydroxylation sites is 1. The van der Waals surface area contributed by atoms with Crippen molar-refractivity contribution in [3.63, 3.8) is 0 Å². The summed E-state index contributed by atoms with van der Waals surface area (Å²) in [6.07, 6.45) is 1.58. The highest BCUT2D eigenvalue weighted by Crippen LogP contribution is 2.32. The van der Waals surface area contributed by atoms with Gasteiger partial charge in [-0.05, 0) is 42.8 Å². The Morgan fingerprint density at radius 1 is 1.12 bits per heavy atom. The van der Waals surface area contributed by atoms with E-state index in [9.17, 15) is 4.79 Å². The highest BCUT2D eigenvalue weighted by Gasteiger charge is 2.11. The number of hydrogen-bond donors (Lipinski definition) is 2. The fraction of sp³-hybridized carbons (Fsp3) is 0.100. The van der Waals surface area contributed by atoms with E-state index in [-0.39, 0.29) is 5.91 Å². The highest BCUT2D eigenvalue weighted by molar-refractivity contribution is 6.31. The predicted molar refractivity (Wildman–Crippen MR) is 105 cm³/mol. The number of ether oxygens (including phenoxy) is 1. The van der Waals surface area contributed by atoms with Gasteiger partial charge in [0.25, 0.3) is 5.91 Å². The summed E-state index contributed by atoms with van der Waals surface area (Å²) in [4.78, 5) is 16.7. The molecular weight excluding hydrogens is 350 g/mol. The molecule has 0 bridgehead atoms. The first-order chi connectivity index (χ1) is 12.6. The van der Waals surface area contributed by atoms with Crippen molar-refractivity contribution in [2.24, 2.45) is 0 Å². The van der Waals surface area contributed by atoms with E-state index in [4.69, 9.17) is 16.3 Å². The van der Waals surface area contributed by atoms with Crippen LogP contribution in [0, 0.1) is 6.92 Å². The standard InChI is InChI=1S/C20H18ClN3O2/c1-13-10-17(18(26-2)12-16(13)21)24-19-11-14(8-9-22-19)20(25)23-15-6-4-3-5-7-15/h3-12H,1-2H3,(H,22,24)(H,23,25). The molecule has 1 amide bonds. The van der Waals surface area contributed by atoms with Crippen molar-refractivity contribution in [2.75, 3.05) is 17.7 Å². The molecule has 3 rings (SSSR count). The first kappa shape index (κ1) is 17.8. The summed E-state index contributed by atoms with van der Waals surface area (Å²) in [6, 6.07) is 16.2. The summed E-state index contributed by atoms with van der Waals surface area (Å²) in [6.45, 7) is 1.91. The summed E-state index contributed by atoms with van der Waals surface area (Å²) in [5.74, 6) is 0.924. The number of pyridine rings is 1. The largest absolute Gasteiger partial charge is 0.495 e. The molecule has 3 aromatic rings. The van der Waals surface area contributed by atoms with Gasteiger partial charge in [-0.3, -0.25) is 4.79 Å². The lowest BCUT2D eigenvalue weighted by atomic mass is 10.2. The summed E-state index contributed by atoms with van der Waals surface area (Å²) in [7, 11) is 1.57. The Kier molecular flexibility index (Phi) is 5.39. The van der Waals surface area contributed by atoms with Gasteiger partial charge in [0.1, 0.15) is 11.6 Å². The third kappa shape index (κ3) is 4.13. The molecule has 5 nitrogen and oxygen atoms in total. The Balaban J connectivity index is 1.82. The van der Waals surface area contributed by atoms with Gasteiger partial charge >= 0.3 is 0 Å². The fourth-order valence-corrected chi connectivity index (χ4v) is 2.59. The summed E-state index contributed by atoms with van der Waals surface area (Å²) in [5, 5.41) is 6.65. The number of nitrogens with zero attached hydrogens (tertiary/aromatic N) is 1. The molecule has 0 saturated carbocycles. The summed E-state index contributed by atoms with van der Waals surface area (Å²) < 4.78 is 5.36. The SMILES string of the molecule is COc1cc(Cl)c(C)cc1Nc1cc(C(=O)Nc2ccccc2)ccn1. The molecule has 0 aliphatic carbocycles. The number of amides is 1. The second-order valence-electron chi connectivity index (χ2n) is 5.68. The second kappa shape index (κ2) is 7.89. The van der Waals surface area contributed by atoms with Crippen LogP contribution in [-0.2, 0) is 0 Å². The molecule has 6 heteroatoms. The van der Waals surface area contributed by atoms with E-state index in [2.05, 4.69) is 15.6 Å². The van der Waals surface area contributed by atoms with Gasteiger partial charge in [0.05, 0.1) is 12.8 Å². The van der Waals surface area contributed by atoms with Crippen LogP contribution in [0.15, 0.2) is 60.8 Å². The van der Waals surface area contributed by atoms with Crippen LogP contribution in [0.3, 0.4) is 0 Å². The lowest BCUT2D eigenvalue weighted by Gasteiger charge is -2.13. The normalized spacial score (nSPS) is 10.3. The minimum atomic E-state index is -0.207. The number of anilines is 3. The van der Waals surface area contributed by atoms with Crippen LogP contribution in [0.1, 0.15) is 15.9 Å². The molecule has 0 fully saturated rings. The number of aromatic nitrogens is 1. The quantitative estimate of drug-likeness (QED) is 0.662. The number of methoxy groups -OCH3 is 1. The fourth-order valence-electron chi connectivity index (χ4n) is 2.43. The maximum atomic E-state index is 12.4. The van der Waals surface area contributed by atoms with Crippen LogP contribution in [0.4, 0.5) is 17.2 Å². The van der Waals surface area contributed by atoms with Crippen molar-refractivity contribution in [3.05, 3.63) is 76.9 Å². The lowest BCUT2D eigenvalue weighted by molar-refractivity contribution is 0.102. The van der Waals surface area contributed by atoms with Crippen LogP contribution < -0.4 is 15.4 Å². The van der Waals surface area contributed by atoms with Gasteiger partial charge in [0.2, 0.25) is 0 Å². The molecule has 0 unspecified atom stereocenters. The van der Waals surface area contributed by atoms with Gasteiger partial charge in [-0.15, -0.1) is 0 Å². The molecule has 0 aliphatic heterocycles. The smallest absolute Gasteiger partial charge is 0.255 e. The monoisotopic (exact) mass is 367 g/mol. The minimum absolute atomic E-state index is 0.207. The Hall–Kier alpha value is -3.05. The maximum Gasteiger partial charge on any atom is 0.255 e. The molecule has 0 atom stereocenters. The maximum absolute atomic E-state index is 12.4. The van der Waals surface area contributed by atoms with Crippen molar-refractivity contribution >= 4 is 34.7 Å². The average Bonchev–Trinajstić information content (AvgIpc) is 2.65. The number of aryl methyl sites for hydroxylation is 1. The Morgan fingerprint density at radius 3 is 2.62 bits per heavy atom. The van der Waals surface area contributed by atoms with Crippen molar-refractivity contribution in [1.82, 2.24) is 4.98 Å². The Morgan fingerprint density at radius 2 is 1.88 bits per heavy atom. The van der Waals surface area contributed by atoms with E-state index in [1.165, 1.54) is 0 Å². The van der Waals surface area contributed by atoms with Crippen molar-refractivity contribution < 1.29 is 9.53 Å². The molecule has 1 aromatic heterocycles. The van der Waals surface area contributed by atoms with Crippen molar-refractivity contribution in [3.8, 4) is 5.75 Å². The number of halogens is 1. The minimum Gasteiger partial charge on any atom is -0.495 e. The van der Waals surface area contributed by atoms with E-state index < -0.39 is 0 Å². The number of nitrogens with one attached hydrogen (secondary N) is 2. The second-order valence-corrected chi connectivity index (χ2v) is 6.08. The molecular formula is C20H18ClN3O2. The molecule has 26 heavy (non-hydrogen) atoms. The zero-order chi connectivity index (χ0) is 18.5. The number of benzene rings is 2. The van der Waals surface area contributed by atoms with E-state index in [1.54, 1.807) is 31.5 Å². The lowest BCUT2D eigenvalue weighted by Crippen LogP contribution is -2.12. The van der Waals surface area contributed by atoms with Crippen LogP contribution in [0.2, 0.25) is 5.02 Å². The van der Waals surface area contributed by atoms with Gasteiger partial charge in [-0.2, -0.15) is 0 Å². The third-order valence-corrected chi connectivity index (χ3v) is 4.20. The summed E-state index contributed by atoms with van der Waals surface area (Å²) >= 11 is 6.14. The molecule has 132 valence electrons. The molecule has 0 spiro atoms. The van der Waals surface area contributed by atoms with Gasteiger partial charge < -0.3 is 15.4 Å². The molecule has 0 radical (unpaired) electrons. The number of carbonyl (C=O) groups is 1. The van der Waals surface area contributed by atoms with Crippen molar-refractivity contribution in [2.45, 2.75) is 6.92 Å². The molecule has 0 aliphatic rings. The van der Waals surface area contributed by atoms with E-state index in [0.717, 1.165) is 16.9 Å². The van der Waals surface area contributed by atoms with Gasteiger partial charge in [-0.1, -0.05) is 29.8 Å². The topological polar surface area (TPSA) is 63.2 Å².